The Labute approximate surface area is 195 Å². The first-order valence-electron chi connectivity index (χ1n) is 12.0. The zero-order chi connectivity index (χ0) is 22.5. The van der Waals surface area contributed by atoms with Crippen LogP contribution in [0, 0.1) is 34.5 Å². The Kier molecular flexibility index (Phi) is 5.59. The van der Waals surface area contributed by atoms with Crippen molar-refractivity contribution < 1.29 is 14.3 Å². The zero-order valence-corrected chi connectivity index (χ0v) is 20.1. The van der Waals surface area contributed by atoms with Crippen LogP contribution in [0.4, 0.5) is 0 Å². The lowest BCUT2D eigenvalue weighted by Crippen LogP contribution is -2.50. The predicted octanol–water partition coefficient (Wildman–Crippen LogP) is 5.99. The number of carbonyl (C=O) groups excluding carboxylic acids is 2. The summed E-state index contributed by atoms with van der Waals surface area (Å²) in [6, 6.07) is 5.77. The molecule has 1 aromatic heterocycles. The topological polar surface area (TPSA) is 56.3 Å². The summed E-state index contributed by atoms with van der Waals surface area (Å²) in [5.74, 6) is 1.80. The predicted molar refractivity (Wildman–Crippen MR) is 126 cm³/mol. The van der Waals surface area contributed by atoms with Crippen molar-refractivity contribution >= 4 is 22.8 Å². The molecule has 1 heterocycles. The molecule has 5 heteroatoms. The first kappa shape index (κ1) is 21.9. The van der Waals surface area contributed by atoms with Gasteiger partial charge in [-0.15, -0.1) is 0 Å². The van der Waals surface area contributed by atoms with Gasteiger partial charge in [-0.1, -0.05) is 26.0 Å². The number of rotatable bonds is 3. The van der Waals surface area contributed by atoms with Gasteiger partial charge in [0.2, 0.25) is 0 Å². The van der Waals surface area contributed by atoms with E-state index in [4.69, 9.17) is 4.74 Å². The van der Waals surface area contributed by atoms with Gasteiger partial charge in [-0.05, 0) is 109 Å². The molecular formula is C27H33NO3S. The van der Waals surface area contributed by atoms with Gasteiger partial charge in [0.1, 0.15) is 5.03 Å². The van der Waals surface area contributed by atoms with E-state index in [1.807, 2.05) is 18.2 Å². The Morgan fingerprint density at radius 1 is 1.12 bits per heavy atom. The summed E-state index contributed by atoms with van der Waals surface area (Å²) in [5.41, 5.74) is 2.37. The molecule has 0 N–H and O–H groups in total. The standard InChI is InChI=1S/C27H33NO3S/c1-26-13-11-17(24(29)31-3)16-18(26)7-8-19-20-9-10-22(27(20,2)14-12-21(19)26)25(30)32-23-6-4-5-15-28-23/h4-7,15-16,19-22H,8-14H2,1-3H3/t19?,20?,21?,22-,26+,27+/m1/s1. The molecular weight excluding hydrogens is 418 g/mol. The van der Waals surface area contributed by atoms with Gasteiger partial charge in [-0.2, -0.15) is 0 Å². The molecule has 0 saturated heterocycles. The molecule has 2 saturated carbocycles. The van der Waals surface area contributed by atoms with Gasteiger partial charge < -0.3 is 4.74 Å². The molecule has 4 aliphatic carbocycles. The Bertz CT molecular complexity index is 986. The normalized spacial score (nSPS) is 38.0. The first-order valence-corrected chi connectivity index (χ1v) is 12.8. The van der Waals surface area contributed by atoms with Crippen molar-refractivity contribution in [3.8, 4) is 0 Å². The highest BCUT2D eigenvalue weighted by Crippen LogP contribution is 2.66. The Morgan fingerprint density at radius 3 is 2.72 bits per heavy atom. The van der Waals surface area contributed by atoms with E-state index >= 15 is 0 Å². The molecule has 170 valence electrons. The number of thioether (sulfide) groups is 1. The minimum atomic E-state index is -0.186. The van der Waals surface area contributed by atoms with E-state index in [1.54, 1.807) is 6.20 Å². The summed E-state index contributed by atoms with van der Waals surface area (Å²) in [6.45, 7) is 4.80. The Balaban J connectivity index is 1.38. The lowest BCUT2D eigenvalue weighted by atomic mass is 9.48. The van der Waals surface area contributed by atoms with Gasteiger partial charge in [0.25, 0.3) is 0 Å². The van der Waals surface area contributed by atoms with Crippen molar-refractivity contribution in [1.29, 1.82) is 0 Å². The number of esters is 1. The van der Waals surface area contributed by atoms with Gasteiger partial charge in [0.05, 0.1) is 7.11 Å². The highest BCUT2D eigenvalue weighted by Gasteiger charge is 2.59. The highest BCUT2D eigenvalue weighted by atomic mass is 32.2. The average molecular weight is 452 g/mol. The second kappa shape index (κ2) is 8.16. The fourth-order valence-corrected chi connectivity index (χ4v) is 8.58. The number of carbonyl (C=O) groups is 2. The van der Waals surface area contributed by atoms with Crippen LogP contribution in [0.15, 0.2) is 52.7 Å². The Morgan fingerprint density at radius 2 is 1.97 bits per heavy atom. The molecule has 0 aromatic carbocycles. The van der Waals surface area contributed by atoms with Crippen LogP contribution in [-0.2, 0) is 14.3 Å². The van der Waals surface area contributed by atoms with Crippen molar-refractivity contribution in [2.24, 2.45) is 34.5 Å². The molecule has 0 amide bonds. The van der Waals surface area contributed by atoms with Crippen molar-refractivity contribution in [3.63, 3.8) is 0 Å². The SMILES string of the molecule is COC(=O)C1=CC2=CCC3C(CC[C@@]4(C)C3CC[C@@H]4C(=O)Sc3ccccn3)[C@@]2(C)CC1. The van der Waals surface area contributed by atoms with Crippen LogP contribution in [0.1, 0.15) is 58.8 Å². The van der Waals surface area contributed by atoms with E-state index in [1.165, 1.54) is 30.9 Å². The van der Waals surface area contributed by atoms with E-state index in [2.05, 4.69) is 31.0 Å². The smallest absolute Gasteiger partial charge is 0.333 e. The van der Waals surface area contributed by atoms with Gasteiger partial charge >= 0.3 is 5.97 Å². The molecule has 32 heavy (non-hydrogen) atoms. The minimum Gasteiger partial charge on any atom is -0.466 e. The maximum Gasteiger partial charge on any atom is 0.333 e. The number of aromatic nitrogens is 1. The number of pyridine rings is 1. The molecule has 1 aromatic rings. The maximum absolute atomic E-state index is 13.3. The third kappa shape index (κ3) is 3.39. The molecule has 6 atom stereocenters. The number of allylic oxidation sites excluding steroid dienone is 3. The fourth-order valence-electron chi connectivity index (χ4n) is 7.59. The molecule has 0 bridgehead atoms. The second-order valence-electron chi connectivity index (χ2n) is 10.6. The summed E-state index contributed by atoms with van der Waals surface area (Å²) in [5, 5.41) is 1.11. The zero-order valence-electron chi connectivity index (χ0n) is 19.3. The van der Waals surface area contributed by atoms with E-state index in [9.17, 15) is 9.59 Å². The van der Waals surface area contributed by atoms with E-state index in [-0.39, 0.29) is 22.7 Å². The summed E-state index contributed by atoms with van der Waals surface area (Å²) in [6.07, 6.45) is 13.6. The van der Waals surface area contributed by atoms with Crippen LogP contribution < -0.4 is 0 Å². The Hall–Kier alpha value is -1.88. The van der Waals surface area contributed by atoms with Crippen molar-refractivity contribution in [2.45, 2.75) is 63.8 Å². The lowest BCUT2D eigenvalue weighted by Gasteiger charge is -2.57. The summed E-state index contributed by atoms with van der Waals surface area (Å²) >= 11 is 1.33. The molecule has 4 aliphatic rings. The molecule has 0 spiro atoms. The first-order chi connectivity index (χ1) is 15.4. The van der Waals surface area contributed by atoms with Crippen LogP contribution in [0.5, 0.6) is 0 Å². The van der Waals surface area contributed by atoms with Crippen molar-refractivity contribution in [3.05, 3.63) is 47.7 Å². The number of hydrogen-bond donors (Lipinski definition) is 0. The van der Waals surface area contributed by atoms with E-state index in [0.717, 1.165) is 49.1 Å². The molecule has 4 nitrogen and oxygen atoms in total. The van der Waals surface area contributed by atoms with Gasteiger partial charge in [0, 0.05) is 17.7 Å². The highest BCUT2D eigenvalue weighted by molar-refractivity contribution is 8.13. The molecule has 3 unspecified atom stereocenters. The summed E-state index contributed by atoms with van der Waals surface area (Å²) in [7, 11) is 1.47. The number of ether oxygens (including phenoxy) is 1. The van der Waals surface area contributed by atoms with Gasteiger partial charge in [-0.25, -0.2) is 9.78 Å². The summed E-state index contributed by atoms with van der Waals surface area (Å²) < 4.78 is 4.98. The van der Waals surface area contributed by atoms with Crippen LogP contribution in [-0.4, -0.2) is 23.2 Å². The minimum absolute atomic E-state index is 0.0867. The third-order valence-electron chi connectivity index (χ3n) is 9.34. The average Bonchev–Trinajstić information content (AvgIpc) is 3.16. The van der Waals surface area contributed by atoms with Crippen LogP contribution in [0.25, 0.3) is 0 Å². The second-order valence-corrected chi connectivity index (χ2v) is 11.6. The van der Waals surface area contributed by atoms with Gasteiger partial charge in [0.15, 0.2) is 5.12 Å². The monoisotopic (exact) mass is 451 g/mol. The summed E-state index contributed by atoms with van der Waals surface area (Å²) in [4.78, 5) is 29.8. The van der Waals surface area contributed by atoms with Crippen LogP contribution in [0.2, 0.25) is 0 Å². The lowest BCUT2D eigenvalue weighted by molar-refractivity contribution is -0.136. The number of fused-ring (bicyclic) bond motifs is 5. The van der Waals surface area contributed by atoms with Crippen LogP contribution in [0.3, 0.4) is 0 Å². The molecule has 0 radical (unpaired) electrons. The molecule has 2 fully saturated rings. The van der Waals surface area contributed by atoms with Crippen molar-refractivity contribution in [1.82, 2.24) is 4.98 Å². The number of hydrogen-bond acceptors (Lipinski definition) is 5. The largest absolute Gasteiger partial charge is 0.466 e. The van der Waals surface area contributed by atoms with Crippen molar-refractivity contribution in [2.75, 3.05) is 7.11 Å². The number of methoxy groups -OCH3 is 1. The quantitative estimate of drug-likeness (QED) is 0.417. The molecule has 0 aliphatic heterocycles. The third-order valence-corrected chi connectivity index (χ3v) is 10.3. The van der Waals surface area contributed by atoms with E-state index in [0.29, 0.717) is 22.9 Å². The fraction of sp³-hybridized carbons (Fsp3) is 0.593. The van der Waals surface area contributed by atoms with E-state index < -0.39 is 0 Å². The van der Waals surface area contributed by atoms with Crippen LogP contribution >= 0.6 is 11.8 Å². The maximum atomic E-state index is 13.3. The van der Waals surface area contributed by atoms with Gasteiger partial charge in [-0.3, -0.25) is 4.79 Å². The number of nitrogens with zero attached hydrogens (tertiary/aromatic N) is 1. The molecule has 5 rings (SSSR count).